The lowest BCUT2D eigenvalue weighted by Gasteiger charge is -2.05. The van der Waals surface area contributed by atoms with Crippen molar-refractivity contribution >= 4 is 52.8 Å². The molecular weight excluding hydrogens is 292 g/mol. The van der Waals surface area contributed by atoms with Crippen molar-refractivity contribution in [2.75, 3.05) is 11.9 Å². The molecule has 0 amide bonds. The second kappa shape index (κ2) is 9.82. The number of hydrogen-bond acceptors (Lipinski definition) is 4. The summed E-state index contributed by atoms with van der Waals surface area (Å²) in [5.41, 5.74) is 6.20. The molecular formula is C12H16N6S2. The predicted octanol–water partition coefficient (Wildman–Crippen LogP) is 1.43. The van der Waals surface area contributed by atoms with Gasteiger partial charge in [-0.3, -0.25) is 10.9 Å². The zero-order valence-corrected chi connectivity index (χ0v) is 12.6. The smallest absolute Gasteiger partial charge is 0.191 e. The van der Waals surface area contributed by atoms with Crippen LogP contribution >= 0.6 is 24.4 Å². The first-order valence-corrected chi connectivity index (χ1v) is 6.74. The molecule has 0 aromatic heterocycles. The van der Waals surface area contributed by atoms with E-state index in [0.717, 1.165) is 12.2 Å². The van der Waals surface area contributed by atoms with Gasteiger partial charge in [0.15, 0.2) is 10.2 Å². The second-order valence-corrected chi connectivity index (χ2v) is 4.28. The molecule has 0 unspecified atom stereocenters. The molecule has 0 bridgehead atoms. The van der Waals surface area contributed by atoms with Crippen molar-refractivity contribution < 1.29 is 0 Å². The molecule has 1 rings (SSSR count). The average Bonchev–Trinajstić information content (AvgIpc) is 2.44. The van der Waals surface area contributed by atoms with Gasteiger partial charge in [-0.15, -0.1) is 0 Å². The Hall–Kier alpha value is -2.06. The Labute approximate surface area is 128 Å². The van der Waals surface area contributed by atoms with E-state index in [1.807, 2.05) is 37.3 Å². The van der Waals surface area contributed by atoms with Crippen LogP contribution in [0.3, 0.4) is 0 Å². The minimum Gasteiger partial charge on any atom is -0.362 e. The Kier molecular flexibility index (Phi) is 7.85. The molecule has 0 atom stereocenters. The third-order valence-electron chi connectivity index (χ3n) is 1.92. The van der Waals surface area contributed by atoms with Crippen molar-refractivity contribution in [2.45, 2.75) is 6.92 Å². The SMILES string of the molecule is CCNC(=S)NN=CC=NNC(=S)Nc1ccccc1. The summed E-state index contributed by atoms with van der Waals surface area (Å²) < 4.78 is 0. The number of nitrogens with one attached hydrogen (secondary N) is 4. The van der Waals surface area contributed by atoms with E-state index in [2.05, 4.69) is 31.7 Å². The van der Waals surface area contributed by atoms with E-state index >= 15 is 0 Å². The Balaban J connectivity index is 2.22. The second-order valence-electron chi connectivity index (χ2n) is 3.46. The van der Waals surface area contributed by atoms with Gasteiger partial charge < -0.3 is 10.6 Å². The molecule has 6 nitrogen and oxygen atoms in total. The maximum atomic E-state index is 5.06. The van der Waals surface area contributed by atoms with Crippen molar-refractivity contribution in [3.63, 3.8) is 0 Å². The summed E-state index contributed by atoms with van der Waals surface area (Å²) in [4.78, 5) is 0. The van der Waals surface area contributed by atoms with E-state index in [1.165, 1.54) is 12.4 Å². The molecule has 0 fully saturated rings. The van der Waals surface area contributed by atoms with E-state index in [-0.39, 0.29) is 0 Å². The van der Waals surface area contributed by atoms with E-state index in [0.29, 0.717) is 10.2 Å². The molecule has 106 valence electrons. The summed E-state index contributed by atoms with van der Waals surface area (Å²) in [5.74, 6) is 0. The van der Waals surface area contributed by atoms with Crippen LogP contribution in [0.1, 0.15) is 6.92 Å². The summed E-state index contributed by atoms with van der Waals surface area (Å²) in [6.07, 6.45) is 2.92. The molecule has 1 aromatic carbocycles. The van der Waals surface area contributed by atoms with Gasteiger partial charge in [-0.05, 0) is 43.5 Å². The molecule has 0 aliphatic rings. The standard InChI is InChI=1S/C12H16N6S2/c1-2-13-11(19)17-14-8-9-15-18-12(20)16-10-6-4-3-5-7-10/h3-9H,2H2,1H3,(H2,13,17,19)(H2,16,18,20). The monoisotopic (exact) mass is 308 g/mol. The largest absolute Gasteiger partial charge is 0.362 e. The number of anilines is 1. The molecule has 0 aliphatic heterocycles. The zero-order chi connectivity index (χ0) is 14.6. The van der Waals surface area contributed by atoms with Gasteiger partial charge in [-0.25, -0.2) is 0 Å². The summed E-state index contributed by atoms with van der Waals surface area (Å²) >= 11 is 9.98. The first-order valence-electron chi connectivity index (χ1n) is 5.93. The van der Waals surface area contributed by atoms with E-state index < -0.39 is 0 Å². The van der Waals surface area contributed by atoms with E-state index in [4.69, 9.17) is 24.4 Å². The maximum absolute atomic E-state index is 5.06. The van der Waals surface area contributed by atoms with Gasteiger partial charge in [-0.1, -0.05) is 18.2 Å². The molecule has 1 aromatic rings. The van der Waals surface area contributed by atoms with Crippen LogP contribution in [0.4, 0.5) is 5.69 Å². The van der Waals surface area contributed by atoms with Crippen LogP contribution in [0.15, 0.2) is 40.5 Å². The maximum Gasteiger partial charge on any atom is 0.191 e. The van der Waals surface area contributed by atoms with Crippen molar-refractivity contribution in [3.8, 4) is 0 Å². The number of para-hydroxylation sites is 1. The summed E-state index contributed by atoms with van der Waals surface area (Å²) in [6, 6.07) is 9.58. The molecule has 0 spiro atoms. The van der Waals surface area contributed by atoms with Gasteiger partial charge in [0, 0.05) is 12.2 Å². The fourth-order valence-corrected chi connectivity index (χ4v) is 1.51. The highest BCUT2D eigenvalue weighted by atomic mass is 32.1. The topological polar surface area (TPSA) is 72.8 Å². The minimum atomic E-state index is 0.400. The van der Waals surface area contributed by atoms with Crippen LogP contribution < -0.4 is 21.5 Å². The van der Waals surface area contributed by atoms with Crippen LogP contribution in [-0.2, 0) is 0 Å². The highest BCUT2D eigenvalue weighted by Gasteiger charge is 1.93. The van der Waals surface area contributed by atoms with Crippen LogP contribution in [0.25, 0.3) is 0 Å². The lowest BCUT2D eigenvalue weighted by Crippen LogP contribution is -2.31. The van der Waals surface area contributed by atoms with Crippen LogP contribution in [-0.4, -0.2) is 29.2 Å². The normalized spacial score (nSPS) is 10.4. The molecule has 20 heavy (non-hydrogen) atoms. The van der Waals surface area contributed by atoms with Gasteiger partial charge >= 0.3 is 0 Å². The number of hydrazone groups is 2. The Morgan fingerprint density at radius 2 is 1.65 bits per heavy atom. The van der Waals surface area contributed by atoms with Crippen molar-refractivity contribution in [2.24, 2.45) is 10.2 Å². The van der Waals surface area contributed by atoms with Crippen molar-refractivity contribution in [1.82, 2.24) is 16.2 Å². The Morgan fingerprint density at radius 1 is 1.05 bits per heavy atom. The highest BCUT2D eigenvalue weighted by molar-refractivity contribution is 7.80. The molecule has 0 saturated heterocycles. The third-order valence-corrected chi connectivity index (χ3v) is 2.35. The Bertz CT molecular complexity index is 486. The average molecular weight is 308 g/mol. The molecule has 0 radical (unpaired) electrons. The number of benzene rings is 1. The predicted molar refractivity (Wildman–Crippen MR) is 92.2 cm³/mol. The van der Waals surface area contributed by atoms with Crippen LogP contribution in [0.5, 0.6) is 0 Å². The molecule has 0 heterocycles. The highest BCUT2D eigenvalue weighted by Crippen LogP contribution is 2.03. The fourth-order valence-electron chi connectivity index (χ4n) is 1.14. The van der Waals surface area contributed by atoms with Gasteiger partial charge in [-0.2, -0.15) is 10.2 Å². The van der Waals surface area contributed by atoms with Gasteiger partial charge in [0.25, 0.3) is 0 Å². The third kappa shape index (κ3) is 7.39. The van der Waals surface area contributed by atoms with Gasteiger partial charge in [0.2, 0.25) is 0 Å². The summed E-state index contributed by atoms with van der Waals surface area (Å²) in [6.45, 7) is 2.69. The minimum absolute atomic E-state index is 0.400. The molecule has 8 heteroatoms. The van der Waals surface area contributed by atoms with Crippen LogP contribution in [0.2, 0.25) is 0 Å². The molecule has 0 saturated carbocycles. The number of nitrogens with zero attached hydrogens (tertiary/aromatic N) is 2. The van der Waals surface area contributed by atoms with Crippen molar-refractivity contribution in [1.29, 1.82) is 0 Å². The number of hydrogen-bond donors (Lipinski definition) is 4. The van der Waals surface area contributed by atoms with Gasteiger partial charge in [0.05, 0.1) is 12.4 Å². The fraction of sp³-hybridized carbons (Fsp3) is 0.167. The van der Waals surface area contributed by atoms with Crippen molar-refractivity contribution in [3.05, 3.63) is 30.3 Å². The lowest BCUT2D eigenvalue weighted by molar-refractivity contribution is 0.905. The van der Waals surface area contributed by atoms with E-state index in [1.54, 1.807) is 0 Å². The molecule has 4 N–H and O–H groups in total. The summed E-state index contributed by atoms with van der Waals surface area (Å²) in [5, 5.41) is 14.5. The van der Waals surface area contributed by atoms with E-state index in [9.17, 15) is 0 Å². The zero-order valence-electron chi connectivity index (χ0n) is 11.0. The molecule has 0 aliphatic carbocycles. The number of thiocarbonyl (C=S) groups is 2. The Morgan fingerprint density at radius 3 is 2.25 bits per heavy atom. The quantitative estimate of drug-likeness (QED) is 0.375. The number of rotatable bonds is 5. The van der Waals surface area contributed by atoms with Crippen LogP contribution in [0, 0.1) is 0 Å². The summed E-state index contributed by atoms with van der Waals surface area (Å²) in [7, 11) is 0. The lowest BCUT2D eigenvalue weighted by atomic mass is 10.3. The van der Waals surface area contributed by atoms with Gasteiger partial charge in [0.1, 0.15) is 0 Å². The first-order chi connectivity index (χ1) is 9.72. The first kappa shape index (κ1) is 16.0.